The summed E-state index contributed by atoms with van der Waals surface area (Å²) in [4.78, 5) is 26.1. The minimum atomic E-state index is -0.664. The van der Waals surface area contributed by atoms with Crippen LogP contribution in [0, 0.1) is 0 Å². The van der Waals surface area contributed by atoms with E-state index in [9.17, 15) is 4.79 Å². The van der Waals surface area contributed by atoms with E-state index >= 15 is 0 Å². The van der Waals surface area contributed by atoms with E-state index in [1.165, 1.54) is 0 Å². The van der Waals surface area contributed by atoms with E-state index in [-0.39, 0.29) is 5.91 Å². The number of nitrogens with zero attached hydrogens (tertiary/aromatic N) is 3. The maximum Gasteiger partial charge on any atom is 0.267 e. The minimum Gasteiger partial charge on any atom is -0.383 e. The molecular weight excluding hydrogens is 380 g/mol. The highest BCUT2D eigenvalue weighted by Crippen LogP contribution is 2.32. The number of rotatable bonds is 7. The van der Waals surface area contributed by atoms with E-state index in [1.807, 2.05) is 50.4 Å². The van der Waals surface area contributed by atoms with Gasteiger partial charge in [0.1, 0.15) is 0 Å². The van der Waals surface area contributed by atoms with Gasteiger partial charge in [0.15, 0.2) is 4.34 Å². The van der Waals surface area contributed by atoms with Gasteiger partial charge in [-0.3, -0.25) is 9.78 Å². The van der Waals surface area contributed by atoms with Gasteiger partial charge >= 0.3 is 0 Å². The highest BCUT2D eigenvalue weighted by molar-refractivity contribution is 8.00. The summed E-state index contributed by atoms with van der Waals surface area (Å²) in [6.07, 6.45) is 2.97. The number of fused-ring (bicyclic) bond motifs is 1. The molecule has 1 unspecified atom stereocenters. The summed E-state index contributed by atoms with van der Waals surface area (Å²) in [5.74, 6) is 0.582. The SMILES string of the molecule is CC(C)=NOC(C)C(=O)Nc1ccc2nc(SCc3cccnc3)sc2c1. The first-order valence-electron chi connectivity index (χ1n) is 8.41. The third-order valence-corrected chi connectivity index (χ3v) is 5.72. The van der Waals surface area contributed by atoms with Gasteiger partial charge in [0, 0.05) is 23.8 Å². The first-order chi connectivity index (χ1) is 13.0. The molecule has 2 aromatic heterocycles. The number of hydrogen-bond donors (Lipinski definition) is 1. The summed E-state index contributed by atoms with van der Waals surface area (Å²) in [6, 6.07) is 9.67. The second kappa shape index (κ2) is 8.96. The van der Waals surface area contributed by atoms with Crippen LogP contribution in [0.2, 0.25) is 0 Å². The Hall–Kier alpha value is -2.45. The smallest absolute Gasteiger partial charge is 0.267 e. The second-order valence-corrected chi connectivity index (χ2v) is 8.34. The Bertz CT molecular complexity index is 953. The van der Waals surface area contributed by atoms with E-state index in [1.54, 1.807) is 36.2 Å². The van der Waals surface area contributed by atoms with Crippen LogP contribution in [0.3, 0.4) is 0 Å². The number of amides is 1. The first kappa shape index (κ1) is 19.3. The molecule has 3 rings (SSSR count). The lowest BCUT2D eigenvalue weighted by atomic mass is 10.3. The maximum atomic E-state index is 12.2. The van der Waals surface area contributed by atoms with Crippen molar-refractivity contribution >= 4 is 50.6 Å². The number of aromatic nitrogens is 2. The van der Waals surface area contributed by atoms with Gasteiger partial charge < -0.3 is 10.2 Å². The molecule has 27 heavy (non-hydrogen) atoms. The molecule has 0 fully saturated rings. The number of thiazole rings is 1. The Labute approximate surface area is 166 Å². The fourth-order valence-electron chi connectivity index (χ4n) is 2.15. The van der Waals surface area contributed by atoms with E-state index in [0.717, 1.165) is 31.6 Å². The van der Waals surface area contributed by atoms with Crippen molar-refractivity contribution in [3.63, 3.8) is 0 Å². The fraction of sp³-hybridized carbons (Fsp3) is 0.263. The number of anilines is 1. The predicted molar refractivity (Wildman–Crippen MR) is 111 cm³/mol. The topological polar surface area (TPSA) is 76.5 Å². The van der Waals surface area contributed by atoms with Crippen LogP contribution in [-0.4, -0.2) is 27.7 Å². The molecule has 0 saturated heterocycles. The highest BCUT2D eigenvalue weighted by atomic mass is 32.2. The molecule has 0 spiro atoms. The molecule has 3 aromatic rings. The molecule has 1 N–H and O–H groups in total. The lowest BCUT2D eigenvalue weighted by Gasteiger charge is -2.10. The van der Waals surface area contributed by atoms with E-state index in [2.05, 4.69) is 20.4 Å². The quantitative estimate of drug-likeness (QED) is 0.353. The number of pyridine rings is 1. The molecule has 0 bridgehead atoms. The molecule has 8 heteroatoms. The zero-order valence-corrected chi connectivity index (χ0v) is 16.9. The molecule has 1 amide bonds. The minimum absolute atomic E-state index is 0.241. The lowest BCUT2D eigenvalue weighted by Crippen LogP contribution is -2.26. The largest absolute Gasteiger partial charge is 0.383 e. The van der Waals surface area contributed by atoms with Crippen LogP contribution in [-0.2, 0) is 15.4 Å². The van der Waals surface area contributed by atoms with Crippen LogP contribution in [0.1, 0.15) is 26.3 Å². The number of carbonyl (C=O) groups excluding carboxylic acids is 1. The zero-order chi connectivity index (χ0) is 19.2. The van der Waals surface area contributed by atoms with Gasteiger partial charge in [-0.05, 0) is 50.6 Å². The van der Waals surface area contributed by atoms with Crippen molar-refractivity contribution in [1.29, 1.82) is 0 Å². The van der Waals surface area contributed by atoms with Gasteiger partial charge in [0.05, 0.1) is 15.9 Å². The van der Waals surface area contributed by atoms with Crippen molar-refractivity contribution in [2.24, 2.45) is 5.16 Å². The number of benzene rings is 1. The number of oxime groups is 1. The van der Waals surface area contributed by atoms with E-state index in [4.69, 9.17) is 4.84 Å². The average molecular weight is 401 g/mol. The zero-order valence-electron chi connectivity index (χ0n) is 15.3. The molecule has 0 saturated carbocycles. The second-order valence-electron chi connectivity index (χ2n) is 6.09. The maximum absolute atomic E-state index is 12.2. The van der Waals surface area contributed by atoms with Gasteiger partial charge in [0.2, 0.25) is 6.10 Å². The molecule has 0 aliphatic carbocycles. The van der Waals surface area contributed by atoms with Crippen LogP contribution in [0.15, 0.2) is 52.2 Å². The number of thioether (sulfide) groups is 1. The summed E-state index contributed by atoms with van der Waals surface area (Å²) in [7, 11) is 0. The van der Waals surface area contributed by atoms with Crippen LogP contribution in [0.5, 0.6) is 0 Å². The highest BCUT2D eigenvalue weighted by Gasteiger charge is 2.15. The summed E-state index contributed by atoms with van der Waals surface area (Å²) in [6.45, 7) is 5.29. The van der Waals surface area contributed by atoms with Gasteiger partial charge in [-0.2, -0.15) is 0 Å². The van der Waals surface area contributed by atoms with Gasteiger partial charge in [-0.1, -0.05) is 23.0 Å². The van der Waals surface area contributed by atoms with Gasteiger partial charge in [0.25, 0.3) is 5.91 Å². The molecule has 0 aliphatic heterocycles. The Morgan fingerprint density at radius 1 is 1.37 bits per heavy atom. The molecule has 1 atom stereocenters. The van der Waals surface area contributed by atoms with Crippen LogP contribution in [0.25, 0.3) is 10.2 Å². The summed E-state index contributed by atoms with van der Waals surface area (Å²) >= 11 is 3.29. The molecule has 140 valence electrons. The Kier molecular flexibility index (Phi) is 6.41. The molecule has 0 radical (unpaired) electrons. The Morgan fingerprint density at radius 3 is 2.96 bits per heavy atom. The molecule has 6 nitrogen and oxygen atoms in total. The van der Waals surface area contributed by atoms with Crippen molar-refractivity contribution < 1.29 is 9.63 Å². The van der Waals surface area contributed by atoms with Crippen LogP contribution < -0.4 is 5.32 Å². The third-order valence-electron chi connectivity index (χ3n) is 3.48. The first-order valence-corrected chi connectivity index (χ1v) is 10.2. The normalized spacial score (nSPS) is 11.8. The Balaban J connectivity index is 1.65. The van der Waals surface area contributed by atoms with Crippen molar-refractivity contribution in [3.05, 3.63) is 48.3 Å². The summed E-state index contributed by atoms with van der Waals surface area (Å²) < 4.78 is 2.01. The monoisotopic (exact) mass is 400 g/mol. The fourth-order valence-corrected chi connectivity index (χ4v) is 4.19. The van der Waals surface area contributed by atoms with E-state index < -0.39 is 6.10 Å². The van der Waals surface area contributed by atoms with E-state index in [0.29, 0.717) is 5.69 Å². The van der Waals surface area contributed by atoms with Gasteiger partial charge in [-0.25, -0.2) is 4.98 Å². The summed E-state index contributed by atoms with van der Waals surface area (Å²) in [5, 5.41) is 6.68. The number of hydrogen-bond acceptors (Lipinski definition) is 7. The molecule has 0 aliphatic rings. The summed E-state index contributed by atoms with van der Waals surface area (Å²) in [5.41, 5.74) is 3.56. The Morgan fingerprint density at radius 2 is 2.22 bits per heavy atom. The van der Waals surface area contributed by atoms with Crippen molar-refractivity contribution in [1.82, 2.24) is 9.97 Å². The van der Waals surface area contributed by atoms with Gasteiger partial charge in [-0.15, -0.1) is 11.3 Å². The van der Waals surface area contributed by atoms with Crippen molar-refractivity contribution in [2.75, 3.05) is 5.32 Å². The molecule has 1 aromatic carbocycles. The standard InChI is InChI=1S/C19H20N4O2S2/c1-12(2)23-25-13(3)18(24)21-15-6-7-16-17(9-15)27-19(22-16)26-11-14-5-4-8-20-10-14/h4-10,13H,11H2,1-3H3,(H,21,24). The van der Waals surface area contributed by atoms with Crippen molar-refractivity contribution in [2.45, 2.75) is 37.0 Å². The van der Waals surface area contributed by atoms with Crippen molar-refractivity contribution in [3.8, 4) is 0 Å². The number of carbonyl (C=O) groups is 1. The molecule has 2 heterocycles. The van der Waals surface area contributed by atoms with Crippen LogP contribution in [0.4, 0.5) is 5.69 Å². The number of nitrogens with one attached hydrogen (secondary N) is 1. The van der Waals surface area contributed by atoms with Crippen LogP contribution >= 0.6 is 23.1 Å². The predicted octanol–water partition coefficient (Wildman–Crippen LogP) is 4.72. The molecular formula is C19H20N4O2S2. The lowest BCUT2D eigenvalue weighted by molar-refractivity contribution is -0.126. The average Bonchev–Trinajstić information content (AvgIpc) is 3.07. The third kappa shape index (κ3) is 5.51.